The third kappa shape index (κ3) is 4.10. The standard InChI is InChI=1S/C22H17ClFNO2S2/c23-16-6-2-4-8-19(16)29-20-18(26)12-22(25-21(20)27,15-9-10-28-13-15)11-14-5-1-3-7-17(14)24/h1-10,13,20H,11-12H2,(H,25,27). The van der Waals surface area contributed by atoms with E-state index in [0.717, 1.165) is 17.3 Å². The van der Waals surface area contributed by atoms with Crippen LogP contribution in [0.25, 0.3) is 0 Å². The van der Waals surface area contributed by atoms with Gasteiger partial charge in [0.25, 0.3) is 0 Å². The average molecular weight is 446 g/mol. The van der Waals surface area contributed by atoms with Crippen LogP contribution < -0.4 is 5.32 Å². The molecule has 3 aromatic rings. The lowest BCUT2D eigenvalue weighted by atomic mass is 9.78. The molecule has 2 atom stereocenters. The highest BCUT2D eigenvalue weighted by Crippen LogP contribution is 2.39. The molecule has 2 aromatic carbocycles. The van der Waals surface area contributed by atoms with E-state index in [2.05, 4.69) is 5.32 Å². The molecule has 0 saturated carbocycles. The summed E-state index contributed by atoms with van der Waals surface area (Å²) in [6.45, 7) is 0. The molecule has 1 saturated heterocycles. The molecule has 0 spiro atoms. The van der Waals surface area contributed by atoms with E-state index in [-0.39, 0.29) is 30.3 Å². The number of carbonyl (C=O) groups is 2. The number of ketones is 1. The van der Waals surface area contributed by atoms with Crippen LogP contribution in [-0.4, -0.2) is 16.9 Å². The molecule has 2 heterocycles. The molecular formula is C22H17ClFNO2S2. The topological polar surface area (TPSA) is 46.2 Å². The summed E-state index contributed by atoms with van der Waals surface area (Å²) in [4.78, 5) is 26.8. The van der Waals surface area contributed by atoms with Gasteiger partial charge in [0.15, 0.2) is 5.78 Å². The molecule has 1 aliphatic heterocycles. The second kappa shape index (κ2) is 8.30. The number of halogens is 2. The zero-order chi connectivity index (χ0) is 20.4. The summed E-state index contributed by atoms with van der Waals surface area (Å²) in [7, 11) is 0. The third-order valence-corrected chi connectivity index (χ3v) is 7.42. The van der Waals surface area contributed by atoms with Crippen molar-refractivity contribution in [2.24, 2.45) is 0 Å². The number of benzene rings is 2. The number of hydrogen-bond donors (Lipinski definition) is 1. The zero-order valence-corrected chi connectivity index (χ0v) is 17.6. The monoisotopic (exact) mass is 445 g/mol. The van der Waals surface area contributed by atoms with Crippen LogP contribution in [-0.2, 0) is 21.5 Å². The van der Waals surface area contributed by atoms with Gasteiger partial charge in [-0.25, -0.2) is 4.39 Å². The predicted octanol–water partition coefficient (Wildman–Crippen LogP) is 5.23. The van der Waals surface area contributed by atoms with Crippen molar-refractivity contribution < 1.29 is 14.0 Å². The SMILES string of the molecule is O=C1CC(Cc2ccccc2F)(c2ccsc2)NC(=O)C1Sc1ccccc1Cl. The Morgan fingerprint density at radius 2 is 1.90 bits per heavy atom. The van der Waals surface area contributed by atoms with Crippen molar-refractivity contribution in [3.63, 3.8) is 0 Å². The van der Waals surface area contributed by atoms with Crippen LogP contribution in [0.2, 0.25) is 5.02 Å². The van der Waals surface area contributed by atoms with E-state index in [1.165, 1.54) is 17.4 Å². The fraction of sp³-hybridized carbons (Fsp3) is 0.182. The first-order chi connectivity index (χ1) is 14.0. The lowest BCUT2D eigenvalue weighted by molar-refractivity contribution is -0.133. The van der Waals surface area contributed by atoms with Crippen molar-refractivity contribution in [1.29, 1.82) is 0 Å². The Morgan fingerprint density at radius 1 is 1.14 bits per heavy atom. The lowest BCUT2D eigenvalue weighted by Gasteiger charge is -2.40. The Hall–Kier alpha value is -2.15. The Balaban J connectivity index is 1.65. The molecule has 1 aliphatic rings. The second-order valence-corrected chi connectivity index (χ2v) is 9.26. The van der Waals surface area contributed by atoms with E-state index < -0.39 is 10.8 Å². The summed E-state index contributed by atoms with van der Waals surface area (Å²) >= 11 is 8.82. The molecule has 29 heavy (non-hydrogen) atoms. The minimum absolute atomic E-state index is 0.0892. The van der Waals surface area contributed by atoms with E-state index in [1.807, 2.05) is 22.9 Å². The molecule has 0 aliphatic carbocycles. The number of thioether (sulfide) groups is 1. The maximum absolute atomic E-state index is 14.3. The molecule has 3 nitrogen and oxygen atoms in total. The predicted molar refractivity (Wildman–Crippen MR) is 115 cm³/mol. The van der Waals surface area contributed by atoms with Crippen molar-refractivity contribution in [3.05, 3.63) is 87.3 Å². The number of rotatable bonds is 5. The van der Waals surface area contributed by atoms with Gasteiger partial charge < -0.3 is 5.32 Å². The van der Waals surface area contributed by atoms with Crippen LogP contribution in [0.5, 0.6) is 0 Å². The van der Waals surface area contributed by atoms with Crippen molar-refractivity contribution in [2.45, 2.75) is 28.5 Å². The largest absolute Gasteiger partial charge is 0.344 e. The number of nitrogens with one attached hydrogen (secondary N) is 1. The summed E-state index contributed by atoms with van der Waals surface area (Å²) in [5, 5.41) is 6.44. The summed E-state index contributed by atoms with van der Waals surface area (Å²) in [5.74, 6) is -0.925. The number of carbonyl (C=O) groups excluding carboxylic acids is 2. The van der Waals surface area contributed by atoms with Crippen LogP contribution in [0.1, 0.15) is 17.5 Å². The van der Waals surface area contributed by atoms with E-state index in [4.69, 9.17) is 11.6 Å². The van der Waals surface area contributed by atoms with E-state index in [1.54, 1.807) is 36.4 Å². The van der Waals surface area contributed by atoms with Crippen molar-refractivity contribution in [3.8, 4) is 0 Å². The highest BCUT2D eigenvalue weighted by atomic mass is 35.5. The highest BCUT2D eigenvalue weighted by molar-refractivity contribution is 8.01. The van der Waals surface area contributed by atoms with Crippen molar-refractivity contribution >= 4 is 46.4 Å². The summed E-state index contributed by atoms with van der Waals surface area (Å²) in [6.07, 6.45) is 0.295. The molecule has 1 fully saturated rings. The summed E-state index contributed by atoms with van der Waals surface area (Å²) in [6, 6.07) is 15.4. The molecule has 148 valence electrons. The molecule has 0 radical (unpaired) electrons. The van der Waals surface area contributed by atoms with Gasteiger partial charge in [-0.05, 0) is 46.2 Å². The van der Waals surface area contributed by atoms with Crippen LogP contribution in [0.4, 0.5) is 4.39 Å². The Kier molecular flexibility index (Phi) is 5.76. The number of Topliss-reactive ketones (excluding diaryl/α,β-unsaturated/α-hetero) is 1. The number of hydrogen-bond acceptors (Lipinski definition) is 4. The van der Waals surface area contributed by atoms with Gasteiger partial charge in [0, 0.05) is 17.7 Å². The van der Waals surface area contributed by atoms with E-state index in [0.29, 0.717) is 15.5 Å². The highest BCUT2D eigenvalue weighted by Gasteiger charge is 2.46. The molecular weight excluding hydrogens is 429 g/mol. The Bertz CT molecular complexity index is 1040. The lowest BCUT2D eigenvalue weighted by Crippen LogP contribution is -2.58. The smallest absolute Gasteiger partial charge is 0.241 e. The number of piperidine rings is 1. The minimum atomic E-state index is -0.964. The van der Waals surface area contributed by atoms with Gasteiger partial charge in [-0.3, -0.25) is 9.59 Å². The quantitative estimate of drug-likeness (QED) is 0.547. The van der Waals surface area contributed by atoms with Crippen LogP contribution in [0.3, 0.4) is 0 Å². The van der Waals surface area contributed by atoms with Crippen LogP contribution in [0.15, 0.2) is 70.3 Å². The minimum Gasteiger partial charge on any atom is -0.344 e. The molecule has 1 N–H and O–H groups in total. The van der Waals surface area contributed by atoms with Gasteiger partial charge in [-0.2, -0.15) is 11.3 Å². The normalized spacial score (nSPS) is 21.8. The van der Waals surface area contributed by atoms with Crippen molar-refractivity contribution in [2.75, 3.05) is 0 Å². The zero-order valence-electron chi connectivity index (χ0n) is 15.2. The molecule has 0 bridgehead atoms. The average Bonchev–Trinajstić information content (AvgIpc) is 3.24. The molecule has 1 aromatic heterocycles. The van der Waals surface area contributed by atoms with Gasteiger partial charge in [0.05, 0.1) is 10.6 Å². The first-order valence-electron chi connectivity index (χ1n) is 9.00. The van der Waals surface area contributed by atoms with Crippen LogP contribution >= 0.6 is 34.7 Å². The first kappa shape index (κ1) is 20.1. The fourth-order valence-corrected chi connectivity index (χ4v) is 5.55. The number of amides is 1. The van der Waals surface area contributed by atoms with Gasteiger partial charge in [0.1, 0.15) is 11.1 Å². The van der Waals surface area contributed by atoms with E-state index in [9.17, 15) is 14.0 Å². The third-order valence-electron chi connectivity index (χ3n) is 4.97. The van der Waals surface area contributed by atoms with E-state index >= 15 is 0 Å². The Morgan fingerprint density at radius 3 is 2.59 bits per heavy atom. The summed E-state index contributed by atoms with van der Waals surface area (Å²) in [5.41, 5.74) is 0.311. The van der Waals surface area contributed by atoms with Gasteiger partial charge in [0.2, 0.25) is 5.91 Å². The second-order valence-electron chi connectivity index (χ2n) is 6.92. The summed E-state index contributed by atoms with van der Waals surface area (Å²) < 4.78 is 14.3. The van der Waals surface area contributed by atoms with Gasteiger partial charge in [-0.1, -0.05) is 41.9 Å². The Labute approximate surface area is 181 Å². The van der Waals surface area contributed by atoms with Gasteiger partial charge in [-0.15, -0.1) is 11.8 Å². The number of thiophene rings is 1. The maximum atomic E-state index is 14.3. The first-order valence-corrected chi connectivity index (χ1v) is 11.2. The van der Waals surface area contributed by atoms with Crippen LogP contribution in [0, 0.1) is 5.82 Å². The molecule has 2 unspecified atom stereocenters. The molecule has 1 amide bonds. The maximum Gasteiger partial charge on any atom is 0.241 e. The molecule has 7 heteroatoms. The van der Waals surface area contributed by atoms with Gasteiger partial charge >= 0.3 is 0 Å². The fourth-order valence-electron chi connectivity index (χ4n) is 3.56. The van der Waals surface area contributed by atoms with Crippen molar-refractivity contribution in [1.82, 2.24) is 5.32 Å². The molecule has 4 rings (SSSR count).